The van der Waals surface area contributed by atoms with Crippen molar-refractivity contribution in [3.8, 4) is 0 Å². The maximum absolute atomic E-state index is 4.67. The first-order valence-corrected chi connectivity index (χ1v) is 10.9. The number of hydrogen-bond donors (Lipinski definition) is 0. The molecular weight excluding hydrogens is 346 g/mol. The van der Waals surface area contributed by atoms with Gasteiger partial charge in [-0.15, -0.1) is 0 Å². The number of aliphatic imine (C=N–C) groups is 1. The highest BCUT2D eigenvalue weighted by Gasteiger charge is 2.22. The lowest BCUT2D eigenvalue weighted by Gasteiger charge is -2.29. The van der Waals surface area contributed by atoms with Gasteiger partial charge in [0.15, 0.2) is 0 Å². The highest BCUT2D eigenvalue weighted by molar-refractivity contribution is 7.78. The van der Waals surface area contributed by atoms with Gasteiger partial charge in [-0.2, -0.15) is 4.99 Å². The van der Waals surface area contributed by atoms with Crippen molar-refractivity contribution < 1.29 is 0 Å². The van der Waals surface area contributed by atoms with Crippen LogP contribution in [0.1, 0.15) is 74.5 Å². The lowest BCUT2D eigenvalue weighted by molar-refractivity contribution is 0.310. The van der Waals surface area contributed by atoms with Gasteiger partial charge in [0.25, 0.3) is 0 Å². The Hall–Kier alpha value is -1.76. The van der Waals surface area contributed by atoms with Crippen LogP contribution in [0.25, 0.3) is 0 Å². The lowest BCUT2D eigenvalue weighted by Crippen LogP contribution is -2.14. The van der Waals surface area contributed by atoms with Crippen LogP contribution in [0, 0.1) is 5.92 Å². The molecule has 0 N–H and O–H groups in total. The molecule has 27 heavy (non-hydrogen) atoms. The van der Waals surface area contributed by atoms with Gasteiger partial charge in [0.05, 0.1) is 10.8 Å². The molecule has 1 saturated carbocycles. The molecule has 0 heterocycles. The third-order valence-electron chi connectivity index (χ3n) is 6.07. The second-order valence-electron chi connectivity index (χ2n) is 7.97. The Kier molecular flexibility index (Phi) is 7.80. The third-order valence-corrected chi connectivity index (χ3v) is 6.16. The summed E-state index contributed by atoms with van der Waals surface area (Å²) in [6, 6.07) is 17.9. The predicted molar refractivity (Wildman–Crippen MR) is 119 cm³/mol. The van der Waals surface area contributed by atoms with Gasteiger partial charge in [-0.25, -0.2) is 0 Å². The zero-order valence-corrected chi connectivity index (χ0v) is 17.3. The summed E-state index contributed by atoms with van der Waals surface area (Å²) < 4.78 is 0. The SMILES string of the molecule is CCCCc1ccc(CC[C@H]2CC[C@H](c3ccc(N=C=S)cc3)CC2)cc1. The van der Waals surface area contributed by atoms with Crippen molar-refractivity contribution in [2.75, 3.05) is 0 Å². The molecule has 0 aromatic heterocycles. The summed E-state index contributed by atoms with van der Waals surface area (Å²) in [5.74, 6) is 1.60. The van der Waals surface area contributed by atoms with E-state index in [1.807, 2.05) is 0 Å². The average molecular weight is 378 g/mol. The second-order valence-corrected chi connectivity index (χ2v) is 8.15. The molecule has 3 rings (SSSR count). The average Bonchev–Trinajstić information content (AvgIpc) is 2.73. The maximum Gasteiger partial charge on any atom is 0.0739 e. The summed E-state index contributed by atoms with van der Waals surface area (Å²) in [7, 11) is 0. The van der Waals surface area contributed by atoms with Gasteiger partial charge in [0, 0.05) is 0 Å². The quantitative estimate of drug-likeness (QED) is 0.339. The molecule has 0 bridgehead atoms. The van der Waals surface area contributed by atoms with Crippen molar-refractivity contribution in [1.82, 2.24) is 0 Å². The number of isothiocyanates is 1. The Morgan fingerprint density at radius 1 is 0.889 bits per heavy atom. The largest absolute Gasteiger partial charge is 0.195 e. The summed E-state index contributed by atoms with van der Waals surface area (Å²) in [5.41, 5.74) is 5.36. The number of hydrogen-bond acceptors (Lipinski definition) is 2. The lowest BCUT2D eigenvalue weighted by atomic mass is 9.77. The van der Waals surface area contributed by atoms with Crippen LogP contribution in [0.15, 0.2) is 53.5 Å². The predicted octanol–water partition coefficient (Wildman–Crippen LogP) is 7.67. The van der Waals surface area contributed by atoms with E-state index in [9.17, 15) is 0 Å². The normalized spacial score (nSPS) is 19.4. The molecular formula is C25H31NS. The number of benzene rings is 2. The Bertz CT molecular complexity index is 733. The van der Waals surface area contributed by atoms with Crippen LogP contribution in [0.3, 0.4) is 0 Å². The minimum Gasteiger partial charge on any atom is -0.195 e. The zero-order chi connectivity index (χ0) is 18.9. The van der Waals surface area contributed by atoms with Crippen LogP contribution in [0.4, 0.5) is 5.69 Å². The number of aryl methyl sites for hydroxylation is 2. The molecule has 0 amide bonds. The molecule has 1 nitrogen and oxygen atoms in total. The van der Waals surface area contributed by atoms with Gasteiger partial charge in [-0.05, 0) is 104 Å². The number of nitrogens with zero attached hydrogens (tertiary/aromatic N) is 1. The van der Waals surface area contributed by atoms with Crippen LogP contribution in [0.2, 0.25) is 0 Å². The maximum atomic E-state index is 4.67. The fraction of sp³-hybridized carbons (Fsp3) is 0.480. The van der Waals surface area contributed by atoms with Crippen LogP contribution < -0.4 is 0 Å². The molecule has 2 aromatic carbocycles. The van der Waals surface area contributed by atoms with E-state index in [1.165, 1.54) is 74.5 Å². The van der Waals surface area contributed by atoms with Crippen molar-refractivity contribution in [1.29, 1.82) is 0 Å². The summed E-state index contributed by atoms with van der Waals surface area (Å²) in [5, 5.41) is 2.44. The van der Waals surface area contributed by atoms with E-state index < -0.39 is 0 Å². The minimum absolute atomic E-state index is 0.713. The van der Waals surface area contributed by atoms with Gasteiger partial charge in [0.1, 0.15) is 0 Å². The first kappa shape index (κ1) is 20.0. The zero-order valence-electron chi connectivity index (χ0n) is 16.5. The number of rotatable bonds is 8. The molecule has 0 unspecified atom stereocenters. The van der Waals surface area contributed by atoms with Crippen LogP contribution >= 0.6 is 12.2 Å². The highest BCUT2D eigenvalue weighted by Crippen LogP contribution is 2.37. The third kappa shape index (κ3) is 6.13. The topological polar surface area (TPSA) is 12.4 Å². The minimum atomic E-state index is 0.713. The van der Waals surface area contributed by atoms with E-state index in [1.54, 1.807) is 0 Å². The van der Waals surface area contributed by atoms with Crippen molar-refractivity contribution in [3.63, 3.8) is 0 Å². The van der Waals surface area contributed by atoms with Crippen molar-refractivity contribution in [2.45, 2.75) is 70.6 Å². The van der Waals surface area contributed by atoms with Crippen molar-refractivity contribution >= 4 is 23.1 Å². The van der Waals surface area contributed by atoms with Gasteiger partial charge in [0.2, 0.25) is 0 Å². The summed E-state index contributed by atoms with van der Waals surface area (Å²) >= 11 is 4.67. The van der Waals surface area contributed by atoms with E-state index in [4.69, 9.17) is 0 Å². The molecule has 0 spiro atoms. The molecule has 0 atom stereocenters. The first-order valence-electron chi connectivity index (χ1n) is 10.5. The summed E-state index contributed by atoms with van der Waals surface area (Å²) in [6.07, 6.45) is 11.7. The Morgan fingerprint density at radius 2 is 1.52 bits per heavy atom. The van der Waals surface area contributed by atoms with Crippen LogP contribution in [-0.2, 0) is 12.8 Å². The summed E-state index contributed by atoms with van der Waals surface area (Å²) in [6.45, 7) is 2.26. The van der Waals surface area contributed by atoms with Gasteiger partial charge in [-0.3, -0.25) is 0 Å². The molecule has 2 aromatic rings. The summed E-state index contributed by atoms with van der Waals surface area (Å²) in [4.78, 5) is 4.04. The molecule has 1 aliphatic rings. The van der Waals surface area contributed by atoms with Crippen LogP contribution in [0.5, 0.6) is 0 Å². The van der Waals surface area contributed by atoms with Gasteiger partial charge in [-0.1, -0.05) is 49.7 Å². The van der Waals surface area contributed by atoms with E-state index in [2.05, 4.69) is 77.8 Å². The monoisotopic (exact) mass is 377 g/mol. The van der Waals surface area contributed by atoms with Gasteiger partial charge >= 0.3 is 0 Å². The van der Waals surface area contributed by atoms with E-state index in [0.717, 1.165) is 11.6 Å². The molecule has 1 aliphatic carbocycles. The van der Waals surface area contributed by atoms with E-state index in [0.29, 0.717) is 5.92 Å². The fourth-order valence-corrected chi connectivity index (χ4v) is 4.39. The second kappa shape index (κ2) is 10.5. The Morgan fingerprint density at radius 3 is 2.11 bits per heavy atom. The molecule has 2 heteroatoms. The molecule has 1 fully saturated rings. The fourth-order valence-electron chi connectivity index (χ4n) is 4.28. The van der Waals surface area contributed by atoms with Gasteiger partial charge < -0.3 is 0 Å². The van der Waals surface area contributed by atoms with E-state index in [-0.39, 0.29) is 0 Å². The van der Waals surface area contributed by atoms with Crippen molar-refractivity contribution in [3.05, 3.63) is 65.2 Å². The Balaban J connectivity index is 1.43. The molecule has 0 saturated heterocycles. The highest BCUT2D eigenvalue weighted by atomic mass is 32.1. The number of unbranched alkanes of at least 4 members (excludes halogenated alkanes) is 1. The molecule has 0 radical (unpaired) electrons. The Labute approximate surface area is 169 Å². The first-order chi connectivity index (χ1) is 13.3. The number of thiocarbonyl (C=S) groups is 1. The smallest absolute Gasteiger partial charge is 0.0739 e. The van der Waals surface area contributed by atoms with E-state index >= 15 is 0 Å². The standard InChI is InChI=1S/C25H31NS/c1-2-3-4-20-5-7-21(8-6-20)9-10-22-11-13-23(14-12-22)24-15-17-25(18-16-24)26-19-27/h5-8,15-18,22-23H,2-4,9-14H2,1H3/t22-,23-. The van der Waals surface area contributed by atoms with Crippen molar-refractivity contribution in [2.24, 2.45) is 10.9 Å². The molecule has 0 aliphatic heterocycles. The molecule has 142 valence electrons. The van der Waals surface area contributed by atoms with Crippen LogP contribution in [-0.4, -0.2) is 5.16 Å².